The molecule has 1 aromatic heterocycles. The van der Waals surface area contributed by atoms with Gasteiger partial charge in [0.25, 0.3) is 0 Å². The Kier molecular flexibility index (Phi) is 3.26. The van der Waals surface area contributed by atoms with Crippen molar-refractivity contribution >= 4 is 5.91 Å². The number of rotatable bonds is 4. The van der Waals surface area contributed by atoms with Crippen molar-refractivity contribution < 1.29 is 4.79 Å². The molecule has 5 nitrogen and oxygen atoms in total. The van der Waals surface area contributed by atoms with Crippen molar-refractivity contribution in [3.05, 3.63) is 17.7 Å². The van der Waals surface area contributed by atoms with Crippen molar-refractivity contribution in [2.24, 2.45) is 5.92 Å². The summed E-state index contributed by atoms with van der Waals surface area (Å²) in [5, 5.41) is 3.26. The SMILES string of the molecule is C#CCN(CC1CC1)C(=O)C1Cc2nc[nH]c2CN1. The van der Waals surface area contributed by atoms with Gasteiger partial charge >= 0.3 is 0 Å². The lowest BCUT2D eigenvalue weighted by Crippen LogP contribution is -2.50. The van der Waals surface area contributed by atoms with Crippen molar-refractivity contribution in [1.29, 1.82) is 0 Å². The highest BCUT2D eigenvalue weighted by atomic mass is 16.2. The minimum atomic E-state index is -0.192. The second-order valence-electron chi connectivity index (χ2n) is 5.33. The van der Waals surface area contributed by atoms with Crippen LogP contribution in [-0.4, -0.2) is 39.9 Å². The van der Waals surface area contributed by atoms with E-state index in [9.17, 15) is 4.79 Å². The van der Waals surface area contributed by atoms with E-state index in [1.807, 2.05) is 4.90 Å². The molecule has 3 rings (SSSR count). The molecule has 1 amide bonds. The maximum absolute atomic E-state index is 12.5. The lowest BCUT2D eigenvalue weighted by atomic mass is 10.0. The largest absolute Gasteiger partial charge is 0.347 e. The summed E-state index contributed by atoms with van der Waals surface area (Å²) < 4.78 is 0. The van der Waals surface area contributed by atoms with Crippen LogP contribution in [0.5, 0.6) is 0 Å². The molecular formula is C14H18N4O. The van der Waals surface area contributed by atoms with E-state index in [0.29, 0.717) is 25.4 Å². The minimum absolute atomic E-state index is 0.110. The second kappa shape index (κ2) is 5.06. The summed E-state index contributed by atoms with van der Waals surface area (Å²) in [5.41, 5.74) is 2.07. The van der Waals surface area contributed by atoms with Gasteiger partial charge in [-0.25, -0.2) is 4.98 Å². The zero-order chi connectivity index (χ0) is 13.2. The molecule has 5 heteroatoms. The fourth-order valence-corrected chi connectivity index (χ4v) is 2.52. The van der Waals surface area contributed by atoms with Crippen LogP contribution in [0, 0.1) is 18.3 Å². The first-order valence-corrected chi connectivity index (χ1v) is 6.74. The van der Waals surface area contributed by atoms with Crippen molar-refractivity contribution in [2.75, 3.05) is 13.1 Å². The molecule has 19 heavy (non-hydrogen) atoms. The molecule has 0 bridgehead atoms. The number of aromatic nitrogens is 2. The summed E-state index contributed by atoms with van der Waals surface area (Å²) in [6, 6.07) is -0.192. The van der Waals surface area contributed by atoms with E-state index < -0.39 is 0 Å². The number of carbonyl (C=O) groups excluding carboxylic acids is 1. The third-order valence-electron chi connectivity index (χ3n) is 3.80. The number of amides is 1. The average molecular weight is 258 g/mol. The van der Waals surface area contributed by atoms with E-state index in [2.05, 4.69) is 21.2 Å². The van der Waals surface area contributed by atoms with Gasteiger partial charge in [-0.05, 0) is 18.8 Å². The number of carbonyl (C=O) groups is 1. The fraction of sp³-hybridized carbons (Fsp3) is 0.571. The molecule has 0 spiro atoms. The summed E-state index contributed by atoms with van der Waals surface area (Å²) in [5.74, 6) is 3.35. The Balaban J connectivity index is 1.67. The number of terminal acetylenes is 1. The molecule has 2 heterocycles. The van der Waals surface area contributed by atoms with Crippen LogP contribution in [0.3, 0.4) is 0 Å². The van der Waals surface area contributed by atoms with Crippen molar-refractivity contribution in [3.63, 3.8) is 0 Å². The fourth-order valence-electron chi connectivity index (χ4n) is 2.52. The second-order valence-corrected chi connectivity index (χ2v) is 5.33. The van der Waals surface area contributed by atoms with Crippen LogP contribution in [-0.2, 0) is 17.8 Å². The molecule has 100 valence electrons. The van der Waals surface area contributed by atoms with Crippen LogP contribution in [0.25, 0.3) is 0 Å². The Morgan fingerprint density at radius 2 is 2.42 bits per heavy atom. The number of nitrogens with one attached hydrogen (secondary N) is 2. The maximum Gasteiger partial charge on any atom is 0.240 e. The highest BCUT2D eigenvalue weighted by Crippen LogP contribution is 2.30. The molecule has 1 unspecified atom stereocenters. The van der Waals surface area contributed by atoms with E-state index in [0.717, 1.165) is 17.9 Å². The number of hydrogen-bond acceptors (Lipinski definition) is 3. The maximum atomic E-state index is 12.5. The number of aromatic amines is 1. The van der Waals surface area contributed by atoms with Crippen LogP contribution in [0.15, 0.2) is 6.33 Å². The third-order valence-corrected chi connectivity index (χ3v) is 3.80. The van der Waals surface area contributed by atoms with E-state index in [-0.39, 0.29) is 11.9 Å². The summed E-state index contributed by atoms with van der Waals surface area (Å²) in [6.07, 6.45) is 10.1. The molecule has 0 aromatic carbocycles. The Labute approximate surface area is 112 Å². The molecule has 0 radical (unpaired) electrons. The van der Waals surface area contributed by atoms with Crippen LogP contribution in [0.4, 0.5) is 0 Å². The Bertz CT molecular complexity index is 512. The van der Waals surface area contributed by atoms with Gasteiger partial charge < -0.3 is 9.88 Å². The average Bonchev–Trinajstić information content (AvgIpc) is 3.11. The van der Waals surface area contributed by atoms with Gasteiger partial charge in [0, 0.05) is 19.5 Å². The van der Waals surface area contributed by atoms with Crippen LogP contribution in [0.1, 0.15) is 24.2 Å². The van der Waals surface area contributed by atoms with E-state index in [1.54, 1.807) is 6.33 Å². The smallest absolute Gasteiger partial charge is 0.240 e. The topological polar surface area (TPSA) is 61.0 Å². The van der Waals surface area contributed by atoms with Crippen LogP contribution < -0.4 is 5.32 Å². The quantitative estimate of drug-likeness (QED) is 0.763. The zero-order valence-electron chi connectivity index (χ0n) is 10.9. The predicted molar refractivity (Wildman–Crippen MR) is 71.1 cm³/mol. The molecular weight excluding hydrogens is 240 g/mol. The highest BCUT2D eigenvalue weighted by molar-refractivity contribution is 5.82. The number of hydrogen-bond donors (Lipinski definition) is 2. The Hall–Kier alpha value is -1.80. The monoisotopic (exact) mass is 258 g/mol. The molecule has 1 fully saturated rings. The first-order chi connectivity index (χ1) is 9.28. The van der Waals surface area contributed by atoms with Crippen molar-refractivity contribution in [2.45, 2.75) is 31.8 Å². The highest BCUT2D eigenvalue weighted by Gasteiger charge is 2.32. The van der Waals surface area contributed by atoms with Gasteiger partial charge in [-0.15, -0.1) is 6.42 Å². The molecule has 1 aliphatic heterocycles. The number of imidazole rings is 1. The summed E-state index contributed by atoms with van der Waals surface area (Å²) >= 11 is 0. The van der Waals surface area contributed by atoms with E-state index in [1.165, 1.54) is 12.8 Å². The summed E-state index contributed by atoms with van der Waals surface area (Å²) in [6.45, 7) is 1.87. The van der Waals surface area contributed by atoms with Gasteiger partial charge in [0.2, 0.25) is 5.91 Å². The van der Waals surface area contributed by atoms with Gasteiger partial charge in [0.05, 0.1) is 30.3 Å². The van der Waals surface area contributed by atoms with Gasteiger partial charge in [-0.3, -0.25) is 10.1 Å². The number of nitrogens with zero attached hydrogens (tertiary/aromatic N) is 2. The predicted octanol–water partition coefficient (Wildman–Crippen LogP) is 0.296. The molecule has 0 saturated heterocycles. The van der Waals surface area contributed by atoms with E-state index >= 15 is 0 Å². The Morgan fingerprint density at radius 1 is 1.58 bits per heavy atom. The normalized spacial score (nSPS) is 21.5. The van der Waals surface area contributed by atoms with Gasteiger partial charge in [-0.1, -0.05) is 5.92 Å². The lowest BCUT2D eigenvalue weighted by Gasteiger charge is -2.28. The minimum Gasteiger partial charge on any atom is -0.347 e. The number of fused-ring (bicyclic) bond motifs is 1. The summed E-state index contributed by atoms with van der Waals surface area (Å²) in [7, 11) is 0. The van der Waals surface area contributed by atoms with E-state index in [4.69, 9.17) is 6.42 Å². The lowest BCUT2D eigenvalue weighted by molar-refractivity contribution is -0.133. The van der Waals surface area contributed by atoms with Crippen LogP contribution >= 0.6 is 0 Å². The van der Waals surface area contributed by atoms with Crippen molar-refractivity contribution in [3.8, 4) is 12.3 Å². The first-order valence-electron chi connectivity index (χ1n) is 6.74. The zero-order valence-corrected chi connectivity index (χ0v) is 10.9. The molecule has 1 aromatic rings. The first kappa shape index (κ1) is 12.2. The Morgan fingerprint density at radius 3 is 3.16 bits per heavy atom. The van der Waals surface area contributed by atoms with Gasteiger partial charge in [0.1, 0.15) is 0 Å². The molecule has 2 N–H and O–H groups in total. The van der Waals surface area contributed by atoms with Crippen LogP contribution in [0.2, 0.25) is 0 Å². The molecule has 1 atom stereocenters. The van der Waals surface area contributed by atoms with Crippen molar-refractivity contribution in [1.82, 2.24) is 20.2 Å². The summed E-state index contributed by atoms with van der Waals surface area (Å²) in [4.78, 5) is 21.7. The molecule has 1 aliphatic carbocycles. The molecule has 1 saturated carbocycles. The third kappa shape index (κ3) is 2.64. The standard InChI is InChI=1S/C14H18N4O/c1-2-5-18(8-10-3-4-10)14(19)12-6-11-13(7-15-12)17-9-16-11/h1,9-10,12,15H,3-8H2,(H,16,17). The van der Waals surface area contributed by atoms with Gasteiger partial charge in [-0.2, -0.15) is 0 Å². The number of H-pyrrole nitrogens is 1. The molecule has 2 aliphatic rings. The van der Waals surface area contributed by atoms with Gasteiger partial charge in [0.15, 0.2) is 0 Å².